The number of aromatic nitrogens is 1. The molecule has 2 heterocycles. The fourth-order valence-corrected chi connectivity index (χ4v) is 5.70. The first-order chi connectivity index (χ1) is 17.0. The second-order valence-corrected chi connectivity index (χ2v) is 9.86. The van der Waals surface area contributed by atoms with Gasteiger partial charge in [0.2, 0.25) is 0 Å². The summed E-state index contributed by atoms with van der Waals surface area (Å²) in [4.78, 5) is 16.2. The van der Waals surface area contributed by atoms with E-state index in [1.165, 1.54) is 6.42 Å². The molecule has 1 saturated heterocycles. The molecule has 2 aliphatic rings. The number of benzene rings is 3. The third-order valence-electron chi connectivity index (χ3n) is 7.03. The van der Waals surface area contributed by atoms with Gasteiger partial charge in [0.05, 0.1) is 28.9 Å². The molecule has 6 heteroatoms. The van der Waals surface area contributed by atoms with E-state index in [0.717, 1.165) is 52.4 Å². The van der Waals surface area contributed by atoms with Gasteiger partial charge in [0.25, 0.3) is 0 Å². The molecule has 0 spiro atoms. The Labute approximate surface area is 204 Å². The monoisotopic (exact) mass is 467 g/mol. The average molecular weight is 468 g/mol. The highest BCUT2D eigenvalue weighted by atomic mass is 16.5. The number of piperidine rings is 1. The van der Waals surface area contributed by atoms with Crippen LogP contribution in [0.3, 0.4) is 0 Å². The summed E-state index contributed by atoms with van der Waals surface area (Å²) in [6.07, 6.45) is 1.21. The molecule has 0 saturated carbocycles. The van der Waals surface area contributed by atoms with E-state index in [1.54, 1.807) is 0 Å². The maximum atomic E-state index is 13.8. The van der Waals surface area contributed by atoms with Crippen molar-refractivity contribution in [2.45, 2.75) is 27.2 Å². The predicted octanol–water partition coefficient (Wildman–Crippen LogP) is 6.66. The van der Waals surface area contributed by atoms with Crippen LogP contribution in [0.2, 0.25) is 0 Å². The largest absolute Gasteiger partial charge is 0.494 e. The quantitative estimate of drug-likeness (QED) is 0.312. The van der Waals surface area contributed by atoms with Gasteiger partial charge in [-0.2, -0.15) is 0 Å². The van der Waals surface area contributed by atoms with Crippen molar-refractivity contribution in [3.63, 3.8) is 0 Å². The van der Waals surface area contributed by atoms with Gasteiger partial charge in [-0.05, 0) is 55.5 Å². The third-order valence-corrected chi connectivity index (χ3v) is 7.03. The zero-order valence-corrected chi connectivity index (χ0v) is 20.3. The molecular weight excluding hydrogens is 438 g/mol. The number of anilines is 3. The van der Waals surface area contributed by atoms with E-state index in [4.69, 9.17) is 9.26 Å². The minimum absolute atomic E-state index is 0.0123. The molecule has 1 aliphatic heterocycles. The molecule has 0 bridgehead atoms. The molecule has 6 rings (SSSR count). The van der Waals surface area contributed by atoms with Crippen molar-refractivity contribution in [2.24, 2.45) is 11.8 Å². The topological polar surface area (TPSA) is 67.6 Å². The van der Waals surface area contributed by atoms with Gasteiger partial charge in [0.1, 0.15) is 11.3 Å². The molecule has 2 atom stereocenters. The Morgan fingerprint density at radius 2 is 1.77 bits per heavy atom. The van der Waals surface area contributed by atoms with E-state index in [0.29, 0.717) is 35.3 Å². The van der Waals surface area contributed by atoms with Crippen LogP contribution in [0.5, 0.6) is 5.75 Å². The normalized spacial score (nSPS) is 19.1. The Morgan fingerprint density at radius 3 is 2.49 bits per heavy atom. The maximum Gasteiger partial charge on any atom is 0.196 e. The summed E-state index contributed by atoms with van der Waals surface area (Å²) >= 11 is 0. The number of nitrogens with zero attached hydrogens (tertiary/aromatic N) is 2. The second-order valence-electron chi connectivity index (χ2n) is 9.86. The van der Waals surface area contributed by atoms with Crippen LogP contribution in [0.25, 0.3) is 22.2 Å². The average Bonchev–Trinajstić information content (AvgIpc) is 3.29. The number of ketones is 1. The molecule has 1 aliphatic carbocycles. The number of hydrogen-bond donors (Lipinski definition) is 1. The van der Waals surface area contributed by atoms with E-state index < -0.39 is 0 Å². The van der Waals surface area contributed by atoms with Gasteiger partial charge in [0, 0.05) is 29.9 Å². The van der Waals surface area contributed by atoms with Gasteiger partial charge in [-0.15, -0.1) is 0 Å². The van der Waals surface area contributed by atoms with Gasteiger partial charge >= 0.3 is 0 Å². The first-order valence-corrected chi connectivity index (χ1v) is 12.4. The van der Waals surface area contributed by atoms with Gasteiger partial charge < -0.3 is 19.5 Å². The molecule has 1 fully saturated rings. The minimum Gasteiger partial charge on any atom is -0.494 e. The van der Waals surface area contributed by atoms with Gasteiger partial charge in [-0.1, -0.05) is 43.3 Å². The number of carbonyl (C=O) groups excluding carboxylic acids is 1. The highest BCUT2D eigenvalue weighted by Gasteiger charge is 2.34. The van der Waals surface area contributed by atoms with Crippen LogP contribution in [0.1, 0.15) is 43.1 Å². The fraction of sp³-hybridized carbons (Fsp3) is 0.310. The molecular formula is C29H29N3O3. The predicted molar refractivity (Wildman–Crippen MR) is 139 cm³/mol. The van der Waals surface area contributed by atoms with Crippen molar-refractivity contribution in [3.8, 4) is 17.1 Å². The molecule has 6 nitrogen and oxygen atoms in total. The first-order valence-electron chi connectivity index (χ1n) is 12.4. The standard InChI is InChI=1S/C29H29N3O3/c1-4-34-20-11-9-19(10-12-20)30-23-14-24(32-15-17(2)13-18(3)16-32)27-26-25(23)28(33)21-7-5-6-8-22(21)29(26)35-31-27/h5-12,14,17-18,30H,4,13,15-16H2,1-3H3. The molecule has 0 radical (unpaired) electrons. The van der Waals surface area contributed by atoms with Gasteiger partial charge in [-0.25, -0.2) is 0 Å². The molecule has 178 valence electrons. The molecule has 4 aromatic rings. The van der Waals surface area contributed by atoms with Crippen LogP contribution in [-0.4, -0.2) is 30.6 Å². The van der Waals surface area contributed by atoms with Gasteiger partial charge in [-0.3, -0.25) is 4.79 Å². The van der Waals surface area contributed by atoms with Crippen molar-refractivity contribution in [1.29, 1.82) is 0 Å². The lowest BCUT2D eigenvalue weighted by atomic mass is 9.85. The zero-order chi connectivity index (χ0) is 24.1. The Bertz CT molecular complexity index is 1410. The second kappa shape index (κ2) is 8.45. The SMILES string of the molecule is CCOc1ccc(Nc2cc(N3CC(C)CC(C)C3)c3noc4c3c2C(=O)c2ccccc2-4)cc1. The number of carbonyl (C=O) groups is 1. The van der Waals surface area contributed by atoms with Gasteiger partial charge in [0.15, 0.2) is 11.5 Å². The number of nitrogens with one attached hydrogen (secondary N) is 1. The molecule has 1 N–H and O–H groups in total. The van der Waals surface area contributed by atoms with Crippen molar-refractivity contribution in [3.05, 3.63) is 65.7 Å². The maximum absolute atomic E-state index is 13.8. The minimum atomic E-state index is -0.0123. The lowest BCUT2D eigenvalue weighted by molar-refractivity contribution is 0.104. The first kappa shape index (κ1) is 21.7. The Balaban J connectivity index is 1.54. The number of hydrogen-bond acceptors (Lipinski definition) is 6. The van der Waals surface area contributed by atoms with Crippen molar-refractivity contribution in [1.82, 2.24) is 5.16 Å². The summed E-state index contributed by atoms with van der Waals surface area (Å²) in [6, 6.07) is 17.5. The third kappa shape index (κ3) is 3.64. The fourth-order valence-electron chi connectivity index (χ4n) is 5.70. The summed E-state index contributed by atoms with van der Waals surface area (Å²) < 4.78 is 11.5. The van der Waals surface area contributed by atoms with Crippen molar-refractivity contribution in [2.75, 3.05) is 29.9 Å². The highest BCUT2D eigenvalue weighted by Crippen LogP contribution is 2.47. The summed E-state index contributed by atoms with van der Waals surface area (Å²) in [7, 11) is 0. The molecule has 1 aromatic heterocycles. The lowest BCUT2D eigenvalue weighted by Crippen LogP contribution is -2.39. The highest BCUT2D eigenvalue weighted by molar-refractivity contribution is 6.28. The van der Waals surface area contributed by atoms with E-state index in [1.807, 2.05) is 55.5 Å². The van der Waals surface area contributed by atoms with E-state index >= 15 is 0 Å². The molecule has 0 amide bonds. The van der Waals surface area contributed by atoms with E-state index in [2.05, 4.69) is 35.3 Å². The summed E-state index contributed by atoms with van der Waals surface area (Å²) in [5.41, 5.74) is 5.49. The number of ether oxygens (including phenoxy) is 1. The van der Waals surface area contributed by atoms with Crippen LogP contribution < -0.4 is 15.0 Å². The number of fused-ring (bicyclic) bond motifs is 2. The molecule has 35 heavy (non-hydrogen) atoms. The van der Waals surface area contributed by atoms with Crippen molar-refractivity contribution < 1.29 is 14.1 Å². The van der Waals surface area contributed by atoms with E-state index in [-0.39, 0.29) is 5.78 Å². The Morgan fingerprint density at radius 1 is 1.06 bits per heavy atom. The van der Waals surface area contributed by atoms with Crippen LogP contribution in [0, 0.1) is 11.8 Å². The van der Waals surface area contributed by atoms with E-state index in [9.17, 15) is 4.79 Å². The Kier molecular flexibility index (Phi) is 5.24. The van der Waals surface area contributed by atoms with Crippen LogP contribution in [0.4, 0.5) is 17.1 Å². The van der Waals surface area contributed by atoms with Crippen LogP contribution in [-0.2, 0) is 0 Å². The summed E-state index contributed by atoms with van der Waals surface area (Å²) in [5, 5.41) is 8.84. The Hall–Kier alpha value is -3.80. The van der Waals surface area contributed by atoms with Crippen LogP contribution in [0.15, 0.2) is 59.1 Å². The van der Waals surface area contributed by atoms with Crippen LogP contribution >= 0.6 is 0 Å². The molecule has 3 aromatic carbocycles. The smallest absolute Gasteiger partial charge is 0.196 e. The number of rotatable bonds is 5. The lowest BCUT2D eigenvalue weighted by Gasteiger charge is -2.37. The summed E-state index contributed by atoms with van der Waals surface area (Å²) in [6.45, 7) is 9.08. The molecule has 2 unspecified atom stereocenters. The summed E-state index contributed by atoms with van der Waals surface area (Å²) in [5.74, 6) is 2.63. The zero-order valence-electron chi connectivity index (χ0n) is 20.3. The van der Waals surface area contributed by atoms with Crippen molar-refractivity contribution >= 4 is 33.7 Å².